The minimum atomic E-state index is 0.302. The van der Waals surface area contributed by atoms with E-state index in [1.807, 2.05) is 18.2 Å². The second-order valence-corrected chi connectivity index (χ2v) is 5.35. The Labute approximate surface area is 103 Å². The van der Waals surface area contributed by atoms with Crippen molar-refractivity contribution < 1.29 is 9.53 Å². The molecule has 2 heteroatoms. The fourth-order valence-electron chi connectivity index (χ4n) is 2.82. The minimum Gasteiger partial charge on any atom is -0.490 e. The van der Waals surface area contributed by atoms with Crippen molar-refractivity contribution in [2.45, 2.75) is 39.2 Å². The number of hydrogen-bond donors (Lipinski definition) is 0. The van der Waals surface area contributed by atoms with Crippen molar-refractivity contribution in [1.29, 1.82) is 0 Å². The molecule has 0 heterocycles. The van der Waals surface area contributed by atoms with Crippen LogP contribution in [0.3, 0.4) is 0 Å². The molecule has 2 rings (SSSR count). The Kier molecular flexibility index (Phi) is 3.82. The summed E-state index contributed by atoms with van der Waals surface area (Å²) in [7, 11) is 0. The summed E-state index contributed by atoms with van der Waals surface area (Å²) in [5.41, 5.74) is 0.680. The number of benzene rings is 1. The molecule has 0 bridgehead atoms. The zero-order valence-electron chi connectivity index (χ0n) is 10.6. The van der Waals surface area contributed by atoms with Crippen molar-refractivity contribution in [1.82, 2.24) is 0 Å². The fourth-order valence-corrected chi connectivity index (χ4v) is 2.82. The van der Waals surface area contributed by atoms with E-state index < -0.39 is 0 Å². The molecule has 0 aromatic heterocycles. The van der Waals surface area contributed by atoms with Gasteiger partial charge in [0, 0.05) is 5.56 Å². The van der Waals surface area contributed by atoms with Gasteiger partial charge in [-0.05, 0) is 43.2 Å². The lowest BCUT2D eigenvalue weighted by atomic mass is 9.82. The lowest BCUT2D eigenvalue weighted by Crippen LogP contribution is -2.28. The summed E-state index contributed by atoms with van der Waals surface area (Å²) in [6.07, 6.45) is 4.70. The smallest absolute Gasteiger partial charge is 0.150 e. The molecule has 1 saturated carbocycles. The van der Waals surface area contributed by atoms with E-state index in [1.165, 1.54) is 6.42 Å². The van der Waals surface area contributed by atoms with Gasteiger partial charge in [0.2, 0.25) is 0 Å². The Bertz CT molecular complexity index is 376. The van der Waals surface area contributed by atoms with Gasteiger partial charge in [-0.15, -0.1) is 0 Å². The van der Waals surface area contributed by atoms with E-state index in [0.717, 1.165) is 36.7 Å². The van der Waals surface area contributed by atoms with E-state index in [4.69, 9.17) is 4.74 Å². The molecule has 0 N–H and O–H groups in total. The van der Waals surface area contributed by atoms with Crippen molar-refractivity contribution >= 4 is 6.29 Å². The molecule has 0 spiro atoms. The Morgan fingerprint density at radius 3 is 2.53 bits per heavy atom. The SMILES string of the molecule is CC1CC(C)CC(Oc2cccc(C=O)c2)C1. The molecule has 1 fully saturated rings. The molecule has 1 aromatic rings. The maximum absolute atomic E-state index is 10.7. The quantitative estimate of drug-likeness (QED) is 0.743. The van der Waals surface area contributed by atoms with Crippen LogP contribution in [0.4, 0.5) is 0 Å². The molecule has 17 heavy (non-hydrogen) atoms. The molecule has 0 amide bonds. The summed E-state index contributed by atoms with van der Waals surface area (Å²) < 4.78 is 5.98. The number of carbonyl (C=O) groups is 1. The van der Waals surface area contributed by atoms with Gasteiger partial charge in [-0.2, -0.15) is 0 Å². The Hall–Kier alpha value is -1.31. The molecule has 1 aliphatic rings. The fraction of sp³-hybridized carbons (Fsp3) is 0.533. The topological polar surface area (TPSA) is 26.3 Å². The highest BCUT2D eigenvalue weighted by Gasteiger charge is 2.25. The lowest BCUT2D eigenvalue weighted by Gasteiger charge is -2.31. The van der Waals surface area contributed by atoms with Crippen LogP contribution in [0, 0.1) is 11.8 Å². The molecule has 0 aliphatic heterocycles. The Balaban J connectivity index is 2.01. The average molecular weight is 232 g/mol. The number of ether oxygens (including phenoxy) is 1. The van der Waals surface area contributed by atoms with Gasteiger partial charge >= 0.3 is 0 Å². The zero-order valence-corrected chi connectivity index (χ0v) is 10.6. The van der Waals surface area contributed by atoms with Crippen molar-refractivity contribution in [3.8, 4) is 5.75 Å². The van der Waals surface area contributed by atoms with Crippen LogP contribution in [0.15, 0.2) is 24.3 Å². The van der Waals surface area contributed by atoms with E-state index >= 15 is 0 Å². The maximum atomic E-state index is 10.7. The molecule has 1 aromatic carbocycles. The van der Waals surface area contributed by atoms with Crippen molar-refractivity contribution in [2.24, 2.45) is 11.8 Å². The first-order chi connectivity index (χ1) is 8.17. The van der Waals surface area contributed by atoms with Crippen LogP contribution in [0.5, 0.6) is 5.75 Å². The summed E-state index contributed by atoms with van der Waals surface area (Å²) in [6, 6.07) is 7.41. The number of carbonyl (C=O) groups excluding carboxylic acids is 1. The molecule has 2 unspecified atom stereocenters. The van der Waals surface area contributed by atoms with Crippen LogP contribution >= 0.6 is 0 Å². The van der Waals surface area contributed by atoms with Gasteiger partial charge in [0.15, 0.2) is 0 Å². The van der Waals surface area contributed by atoms with Crippen molar-refractivity contribution in [3.63, 3.8) is 0 Å². The highest BCUT2D eigenvalue weighted by molar-refractivity contribution is 5.75. The molecule has 2 nitrogen and oxygen atoms in total. The van der Waals surface area contributed by atoms with Gasteiger partial charge in [0.25, 0.3) is 0 Å². The van der Waals surface area contributed by atoms with Crippen molar-refractivity contribution in [2.75, 3.05) is 0 Å². The first-order valence-corrected chi connectivity index (χ1v) is 6.39. The van der Waals surface area contributed by atoms with E-state index in [9.17, 15) is 4.79 Å². The van der Waals surface area contributed by atoms with Gasteiger partial charge in [-0.25, -0.2) is 0 Å². The van der Waals surface area contributed by atoms with Crippen LogP contribution in [0.2, 0.25) is 0 Å². The third kappa shape index (κ3) is 3.32. The predicted octanol–water partition coefficient (Wildman–Crippen LogP) is 3.70. The summed E-state index contributed by atoms with van der Waals surface area (Å²) in [5, 5.41) is 0. The minimum absolute atomic E-state index is 0.302. The zero-order chi connectivity index (χ0) is 12.3. The first kappa shape index (κ1) is 12.2. The third-order valence-corrected chi connectivity index (χ3v) is 3.43. The largest absolute Gasteiger partial charge is 0.490 e. The van der Waals surface area contributed by atoms with Crippen LogP contribution in [-0.2, 0) is 0 Å². The molecular formula is C15H20O2. The lowest BCUT2D eigenvalue weighted by molar-refractivity contribution is 0.100. The van der Waals surface area contributed by atoms with Gasteiger partial charge in [0.05, 0.1) is 6.10 Å². The number of rotatable bonds is 3. The highest BCUT2D eigenvalue weighted by Crippen LogP contribution is 2.31. The number of aldehydes is 1. The Morgan fingerprint density at radius 1 is 1.18 bits per heavy atom. The second kappa shape index (κ2) is 5.35. The van der Waals surface area contributed by atoms with Crippen LogP contribution in [0.1, 0.15) is 43.5 Å². The van der Waals surface area contributed by atoms with E-state index in [-0.39, 0.29) is 0 Å². The summed E-state index contributed by atoms with van der Waals surface area (Å²) in [6.45, 7) is 4.57. The molecular weight excluding hydrogens is 212 g/mol. The highest BCUT2D eigenvalue weighted by atomic mass is 16.5. The summed E-state index contributed by atoms with van der Waals surface area (Å²) >= 11 is 0. The maximum Gasteiger partial charge on any atom is 0.150 e. The molecule has 2 atom stereocenters. The van der Waals surface area contributed by atoms with E-state index in [0.29, 0.717) is 11.7 Å². The van der Waals surface area contributed by atoms with Crippen molar-refractivity contribution in [3.05, 3.63) is 29.8 Å². The second-order valence-electron chi connectivity index (χ2n) is 5.35. The standard InChI is InChI=1S/C15H20O2/c1-11-6-12(2)8-15(7-11)17-14-5-3-4-13(9-14)10-16/h3-5,9-12,15H,6-8H2,1-2H3. The first-order valence-electron chi connectivity index (χ1n) is 6.39. The molecule has 0 radical (unpaired) electrons. The predicted molar refractivity (Wildman–Crippen MR) is 68.4 cm³/mol. The van der Waals surface area contributed by atoms with Gasteiger partial charge in [-0.3, -0.25) is 4.79 Å². The van der Waals surface area contributed by atoms with Gasteiger partial charge in [0.1, 0.15) is 12.0 Å². The van der Waals surface area contributed by atoms with E-state index in [1.54, 1.807) is 6.07 Å². The van der Waals surface area contributed by atoms with E-state index in [2.05, 4.69) is 13.8 Å². The average Bonchev–Trinajstić information content (AvgIpc) is 2.28. The summed E-state index contributed by atoms with van der Waals surface area (Å²) in [4.78, 5) is 10.7. The van der Waals surface area contributed by atoms with Crippen LogP contribution in [0.25, 0.3) is 0 Å². The molecule has 1 aliphatic carbocycles. The monoisotopic (exact) mass is 232 g/mol. The number of hydrogen-bond acceptors (Lipinski definition) is 2. The Morgan fingerprint density at radius 2 is 1.88 bits per heavy atom. The summed E-state index contributed by atoms with van der Waals surface area (Å²) in [5.74, 6) is 2.29. The molecule has 0 saturated heterocycles. The third-order valence-electron chi connectivity index (χ3n) is 3.43. The van der Waals surface area contributed by atoms with Crippen LogP contribution < -0.4 is 4.74 Å². The van der Waals surface area contributed by atoms with Crippen LogP contribution in [-0.4, -0.2) is 12.4 Å². The molecule has 92 valence electrons. The van der Waals surface area contributed by atoms with Gasteiger partial charge in [-0.1, -0.05) is 26.0 Å². The normalized spacial score (nSPS) is 28.7. The van der Waals surface area contributed by atoms with Gasteiger partial charge < -0.3 is 4.74 Å².